The van der Waals surface area contributed by atoms with Crippen LogP contribution in [0.15, 0.2) is 46.7 Å². The zero-order chi connectivity index (χ0) is 17.6. The Morgan fingerprint density at radius 2 is 1.96 bits per heavy atom. The molecule has 0 bridgehead atoms. The van der Waals surface area contributed by atoms with Crippen LogP contribution < -0.4 is 5.56 Å². The lowest BCUT2D eigenvalue weighted by molar-refractivity contribution is 0.299. The smallest absolute Gasteiger partial charge is 0.280 e. The van der Waals surface area contributed by atoms with Gasteiger partial charge in [0.15, 0.2) is 5.69 Å². The average Bonchev–Trinajstić information content (AvgIpc) is 3.40. The predicted octanol–water partition coefficient (Wildman–Crippen LogP) is 2.31. The summed E-state index contributed by atoms with van der Waals surface area (Å²) in [7, 11) is 0. The summed E-state index contributed by atoms with van der Waals surface area (Å²) in [6.07, 6.45) is 3.84. The van der Waals surface area contributed by atoms with Crippen molar-refractivity contribution in [3.63, 3.8) is 0 Å². The van der Waals surface area contributed by atoms with Crippen LogP contribution in [0.5, 0.6) is 0 Å². The second-order valence-corrected chi connectivity index (χ2v) is 8.09. The highest BCUT2D eigenvalue weighted by molar-refractivity contribution is 7.09. The third kappa shape index (κ3) is 2.50. The van der Waals surface area contributed by atoms with Gasteiger partial charge in [-0.2, -0.15) is 0 Å². The Balaban J connectivity index is 1.46. The van der Waals surface area contributed by atoms with E-state index in [-0.39, 0.29) is 11.0 Å². The Hall–Kier alpha value is -2.38. The van der Waals surface area contributed by atoms with Gasteiger partial charge in [0, 0.05) is 35.6 Å². The summed E-state index contributed by atoms with van der Waals surface area (Å²) in [6, 6.07) is 9.60. The van der Waals surface area contributed by atoms with E-state index in [4.69, 9.17) is 0 Å². The largest absolute Gasteiger partial charge is 0.296 e. The molecule has 1 aromatic carbocycles. The van der Waals surface area contributed by atoms with Crippen molar-refractivity contribution in [2.45, 2.75) is 31.3 Å². The molecule has 0 amide bonds. The number of aromatic nitrogens is 4. The highest BCUT2D eigenvalue weighted by Gasteiger charge is 2.47. The van der Waals surface area contributed by atoms with Crippen LogP contribution in [-0.2, 0) is 18.5 Å². The monoisotopic (exact) mass is 365 g/mol. The summed E-state index contributed by atoms with van der Waals surface area (Å²) >= 11 is 1.69. The van der Waals surface area contributed by atoms with Gasteiger partial charge in [-0.05, 0) is 19.4 Å². The topological polar surface area (TPSA) is 63.9 Å². The first-order valence-electron chi connectivity index (χ1n) is 8.89. The number of hydrogen-bond acceptors (Lipinski definition) is 6. The average molecular weight is 365 g/mol. The zero-order valence-corrected chi connectivity index (χ0v) is 15.2. The summed E-state index contributed by atoms with van der Waals surface area (Å²) in [5, 5.41) is 12.0. The van der Waals surface area contributed by atoms with Gasteiger partial charge >= 0.3 is 0 Å². The zero-order valence-electron chi connectivity index (χ0n) is 14.3. The molecule has 0 saturated carbocycles. The van der Waals surface area contributed by atoms with Gasteiger partial charge in [0.25, 0.3) is 5.56 Å². The van der Waals surface area contributed by atoms with E-state index >= 15 is 0 Å². The highest BCUT2D eigenvalue weighted by atomic mass is 32.1. The van der Waals surface area contributed by atoms with E-state index in [0.717, 1.165) is 55.4 Å². The molecule has 2 aliphatic rings. The number of hydrogen-bond donors (Lipinski definition) is 0. The lowest BCUT2D eigenvalue weighted by atomic mass is 9.85. The molecule has 2 aromatic heterocycles. The SMILES string of the molecule is O=c1c(-c2ccccc2)nnc2n1CCC21CCN(Cc2nccs2)C1. The van der Waals surface area contributed by atoms with E-state index < -0.39 is 0 Å². The fraction of sp³-hybridized carbons (Fsp3) is 0.368. The van der Waals surface area contributed by atoms with Crippen molar-refractivity contribution in [2.75, 3.05) is 13.1 Å². The molecule has 3 aromatic rings. The molecule has 1 spiro atoms. The first-order valence-corrected chi connectivity index (χ1v) is 9.77. The molecule has 132 valence electrons. The lowest BCUT2D eigenvalue weighted by Gasteiger charge is -2.22. The number of rotatable bonds is 3. The van der Waals surface area contributed by atoms with Gasteiger partial charge < -0.3 is 0 Å². The van der Waals surface area contributed by atoms with Gasteiger partial charge in [-0.3, -0.25) is 14.3 Å². The van der Waals surface area contributed by atoms with Crippen LogP contribution in [0.25, 0.3) is 11.3 Å². The van der Waals surface area contributed by atoms with Crippen molar-refractivity contribution >= 4 is 11.3 Å². The van der Waals surface area contributed by atoms with E-state index in [0.29, 0.717) is 5.69 Å². The fourth-order valence-corrected chi connectivity index (χ4v) is 4.89. The lowest BCUT2D eigenvalue weighted by Crippen LogP contribution is -2.33. The third-order valence-corrected chi connectivity index (χ3v) is 6.32. The maximum absolute atomic E-state index is 13.0. The summed E-state index contributed by atoms with van der Waals surface area (Å²) in [4.78, 5) is 19.8. The van der Waals surface area contributed by atoms with Crippen LogP contribution in [0.1, 0.15) is 23.7 Å². The van der Waals surface area contributed by atoms with Crippen LogP contribution in [0.3, 0.4) is 0 Å². The second kappa shape index (κ2) is 6.10. The minimum atomic E-state index is -0.0430. The van der Waals surface area contributed by atoms with Gasteiger partial charge in [-0.25, -0.2) is 4.98 Å². The second-order valence-electron chi connectivity index (χ2n) is 7.11. The molecule has 0 radical (unpaired) electrons. The molecule has 1 unspecified atom stereocenters. The molecule has 2 aliphatic heterocycles. The molecule has 7 heteroatoms. The number of benzene rings is 1. The number of thiazole rings is 1. The van der Waals surface area contributed by atoms with Crippen LogP contribution in [-0.4, -0.2) is 37.7 Å². The first-order chi connectivity index (χ1) is 12.8. The van der Waals surface area contributed by atoms with Gasteiger partial charge in [0.2, 0.25) is 0 Å². The first kappa shape index (κ1) is 15.8. The number of fused-ring (bicyclic) bond motifs is 2. The summed E-state index contributed by atoms with van der Waals surface area (Å²) in [6.45, 7) is 3.54. The maximum Gasteiger partial charge on any atom is 0.280 e. The molecular weight excluding hydrogens is 346 g/mol. The van der Waals surface area contributed by atoms with Gasteiger partial charge in [-0.15, -0.1) is 21.5 Å². The molecule has 0 N–H and O–H groups in total. The molecule has 1 saturated heterocycles. The van der Waals surface area contributed by atoms with E-state index in [1.807, 2.05) is 46.5 Å². The number of likely N-dealkylation sites (tertiary alicyclic amines) is 1. The minimum absolute atomic E-state index is 0.0172. The normalized spacial score (nSPS) is 22.2. The molecule has 4 heterocycles. The quantitative estimate of drug-likeness (QED) is 0.713. The standard InChI is InChI=1S/C19H19N5OS/c25-17-16(14-4-2-1-3-5-14)21-22-18-19(7-10-24(17)18)6-9-23(13-19)12-15-20-8-11-26-15/h1-5,8,11H,6-7,9-10,12-13H2. The summed E-state index contributed by atoms with van der Waals surface area (Å²) < 4.78 is 1.85. The molecule has 26 heavy (non-hydrogen) atoms. The van der Waals surface area contributed by atoms with Crippen molar-refractivity contribution in [2.24, 2.45) is 0 Å². The maximum atomic E-state index is 13.0. The number of nitrogens with zero attached hydrogens (tertiary/aromatic N) is 5. The van der Waals surface area contributed by atoms with Crippen molar-refractivity contribution < 1.29 is 0 Å². The van der Waals surface area contributed by atoms with E-state index in [1.54, 1.807) is 11.3 Å². The van der Waals surface area contributed by atoms with Crippen molar-refractivity contribution in [3.05, 3.63) is 63.1 Å². The van der Waals surface area contributed by atoms with Crippen LogP contribution in [0, 0.1) is 0 Å². The van der Waals surface area contributed by atoms with E-state index in [1.165, 1.54) is 0 Å². The summed E-state index contributed by atoms with van der Waals surface area (Å²) in [5.41, 5.74) is 1.22. The van der Waals surface area contributed by atoms with Gasteiger partial charge in [0.05, 0.1) is 6.54 Å². The van der Waals surface area contributed by atoms with Crippen LogP contribution in [0.4, 0.5) is 0 Å². The Labute approximate surface area is 155 Å². The van der Waals surface area contributed by atoms with E-state index in [9.17, 15) is 4.79 Å². The minimum Gasteiger partial charge on any atom is -0.296 e. The van der Waals surface area contributed by atoms with Crippen molar-refractivity contribution in [1.29, 1.82) is 0 Å². The molecule has 1 fully saturated rings. The van der Waals surface area contributed by atoms with Crippen molar-refractivity contribution in [1.82, 2.24) is 24.6 Å². The van der Waals surface area contributed by atoms with Gasteiger partial charge in [0.1, 0.15) is 10.8 Å². The highest BCUT2D eigenvalue weighted by Crippen LogP contribution is 2.41. The van der Waals surface area contributed by atoms with Crippen LogP contribution >= 0.6 is 11.3 Å². The molecule has 6 nitrogen and oxygen atoms in total. The van der Waals surface area contributed by atoms with Gasteiger partial charge in [-0.1, -0.05) is 30.3 Å². The summed E-state index contributed by atoms with van der Waals surface area (Å²) in [5.74, 6) is 0.865. The Morgan fingerprint density at radius 3 is 2.77 bits per heavy atom. The third-order valence-electron chi connectivity index (χ3n) is 5.56. The molecule has 1 atom stereocenters. The Morgan fingerprint density at radius 1 is 1.12 bits per heavy atom. The molecular formula is C19H19N5OS. The molecule has 0 aliphatic carbocycles. The Bertz CT molecular complexity index is 985. The van der Waals surface area contributed by atoms with Crippen molar-refractivity contribution in [3.8, 4) is 11.3 Å². The van der Waals surface area contributed by atoms with E-state index in [2.05, 4.69) is 20.1 Å². The van der Waals surface area contributed by atoms with Crippen LogP contribution in [0.2, 0.25) is 0 Å². The fourth-order valence-electron chi connectivity index (χ4n) is 4.23. The Kier molecular flexibility index (Phi) is 3.72. The predicted molar refractivity (Wildman–Crippen MR) is 100 cm³/mol. The molecule has 5 rings (SSSR count).